The number of fused-ring (bicyclic) bond motifs is 1. The Labute approximate surface area is 119 Å². The quantitative estimate of drug-likeness (QED) is 0.686. The van der Waals surface area contributed by atoms with E-state index >= 15 is 0 Å². The predicted octanol–water partition coefficient (Wildman–Crippen LogP) is 4.56. The molecule has 0 bridgehead atoms. The summed E-state index contributed by atoms with van der Waals surface area (Å²) >= 11 is 0. The van der Waals surface area contributed by atoms with Gasteiger partial charge in [-0.05, 0) is 35.9 Å². The van der Waals surface area contributed by atoms with Gasteiger partial charge in [-0.2, -0.15) is 5.10 Å². The van der Waals surface area contributed by atoms with E-state index in [0.29, 0.717) is 16.6 Å². The van der Waals surface area contributed by atoms with Crippen LogP contribution in [0.4, 0.5) is 14.5 Å². The van der Waals surface area contributed by atoms with E-state index in [0.717, 1.165) is 5.56 Å². The Morgan fingerprint density at radius 3 is 2.57 bits per heavy atom. The van der Waals surface area contributed by atoms with Crippen molar-refractivity contribution in [2.24, 2.45) is 0 Å². The van der Waals surface area contributed by atoms with Gasteiger partial charge < -0.3 is 0 Å². The van der Waals surface area contributed by atoms with Crippen molar-refractivity contribution < 1.29 is 8.78 Å². The average Bonchev–Trinajstić information content (AvgIpc) is 2.87. The van der Waals surface area contributed by atoms with E-state index in [1.165, 1.54) is 24.3 Å². The van der Waals surface area contributed by atoms with Crippen molar-refractivity contribution in [3.05, 3.63) is 70.7 Å². The average molecular weight is 281 g/mol. The van der Waals surface area contributed by atoms with Crippen LogP contribution in [-0.4, -0.2) is 10.2 Å². The van der Waals surface area contributed by atoms with Gasteiger partial charge in [0.1, 0.15) is 11.6 Å². The molecule has 3 aromatic rings. The third-order valence-electron chi connectivity index (χ3n) is 3.08. The lowest BCUT2D eigenvalue weighted by Gasteiger charge is -1.95. The first-order chi connectivity index (χ1) is 10.2. The zero-order valence-electron chi connectivity index (χ0n) is 10.8. The number of hydrogen-bond donors (Lipinski definition) is 1. The first-order valence-electron chi connectivity index (χ1n) is 6.16. The van der Waals surface area contributed by atoms with Crippen molar-refractivity contribution >= 4 is 28.7 Å². The maximum Gasteiger partial charge on any atom is 0.222 e. The molecule has 0 amide bonds. The van der Waals surface area contributed by atoms with Crippen molar-refractivity contribution in [3.63, 3.8) is 0 Å². The maximum absolute atomic E-state index is 13.5. The Bertz CT molecular complexity index is 871. The van der Waals surface area contributed by atoms with E-state index in [4.69, 9.17) is 6.57 Å². The van der Waals surface area contributed by atoms with Crippen LogP contribution in [0.1, 0.15) is 11.3 Å². The molecule has 0 fully saturated rings. The van der Waals surface area contributed by atoms with E-state index in [1.807, 2.05) is 0 Å². The number of nitrogens with one attached hydrogen (secondary N) is 1. The van der Waals surface area contributed by atoms with Gasteiger partial charge in [0.2, 0.25) is 5.69 Å². The molecule has 0 saturated carbocycles. The van der Waals surface area contributed by atoms with Crippen molar-refractivity contribution in [2.75, 3.05) is 0 Å². The molecule has 0 atom stereocenters. The lowest BCUT2D eigenvalue weighted by Crippen LogP contribution is -1.77. The topological polar surface area (TPSA) is 33.0 Å². The van der Waals surface area contributed by atoms with Crippen LogP contribution in [0.15, 0.2) is 36.4 Å². The molecule has 5 heteroatoms. The Morgan fingerprint density at radius 2 is 1.86 bits per heavy atom. The van der Waals surface area contributed by atoms with Crippen molar-refractivity contribution in [2.45, 2.75) is 0 Å². The molecule has 1 heterocycles. The number of aromatic amines is 1. The van der Waals surface area contributed by atoms with Gasteiger partial charge in [0.15, 0.2) is 0 Å². The molecule has 0 spiro atoms. The van der Waals surface area contributed by atoms with E-state index in [2.05, 4.69) is 15.0 Å². The number of nitrogens with zero attached hydrogens (tertiary/aromatic N) is 2. The fraction of sp³-hybridized carbons (Fsp3) is 0. The second-order valence-electron chi connectivity index (χ2n) is 4.45. The third-order valence-corrected chi connectivity index (χ3v) is 3.08. The monoisotopic (exact) mass is 281 g/mol. The molecule has 0 saturated heterocycles. The minimum absolute atomic E-state index is 0.0414. The molecule has 0 aliphatic carbocycles. The fourth-order valence-electron chi connectivity index (χ4n) is 2.01. The van der Waals surface area contributed by atoms with Crippen LogP contribution >= 0.6 is 0 Å². The summed E-state index contributed by atoms with van der Waals surface area (Å²) < 4.78 is 26.3. The molecule has 0 unspecified atom stereocenters. The molecule has 2 aromatic carbocycles. The van der Waals surface area contributed by atoms with Crippen LogP contribution < -0.4 is 0 Å². The second-order valence-corrected chi connectivity index (χ2v) is 4.45. The largest absolute Gasteiger partial charge is 0.277 e. The standard InChI is InChI=1S/C16H9F2N3/c1-19-16-8-12-14(20-21-15(12)9-13(16)18)7-4-10-2-5-11(17)6-3-10/h2-9H,(H,20,21)/b7-4+. The number of rotatable bonds is 2. The third kappa shape index (κ3) is 2.51. The van der Waals surface area contributed by atoms with Crippen molar-refractivity contribution in [1.82, 2.24) is 10.2 Å². The highest BCUT2D eigenvalue weighted by molar-refractivity contribution is 5.91. The number of aromatic nitrogens is 2. The van der Waals surface area contributed by atoms with E-state index in [9.17, 15) is 8.78 Å². The first kappa shape index (κ1) is 13.0. The Kier molecular flexibility index (Phi) is 3.20. The Morgan fingerprint density at radius 1 is 1.10 bits per heavy atom. The number of benzene rings is 2. The summed E-state index contributed by atoms with van der Waals surface area (Å²) in [6, 6.07) is 8.75. The Hall–Kier alpha value is -3.00. The number of halogens is 2. The summed E-state index contributed by atoms with van der Waals surface area (Å²) in [6.07, 6.45) is 3.51. The molecular weight excluding hydrogens is 272 g/mol. The lowest BCUT2D eigenvalue weighted by atomic mass is 10.1. The minimum Gasteiger partial charge on any atom is -0.277 e. The maximum atomic E-state index is 13.5. The summed E-state index contributed by atoms with van der Waals surface area (Å²) in [5.74, 6) is -0.871. The summed E-state index contributed by atoms with van der Waals surface area (Å²) in [4.78, 5) is 3.14. The molecule has 1 aromatic heterocycles. The minimum atomic E-state index is -0.574. The van der Waals surface area contributed by atoms with E-state index in [1.54, 1.807) is 24.3 Å². The lowest BCUT2D eigenvalue weighted by molar-refractivity contribution is 0.627. The summed E-state index contributed by atoms with van der Waals surface area (Å²) in [5, 5.41) is 7.48. The van der Waals surface area contributed by atoms with Gasteiger partial charge in [0, 0.05) is 5.39 Å². The normalized spacial score (nSPS) is 11.1. The molecule has 1 N–H and O–H groups in total. The van der Waals surface area contributed by atoms with Gasteiger partial charge in [0.05, 0.1) is 17.8 Å². The molecule has 0 aliphatic rings. The Balaban J connectivity index is 2.01. The number of hydrogen-bond acceptors (Lipinski definition) is 1. The number of H-pyrrole nitrogens is 1. The zero-order chi connectivity index (χ0) is 14.8. The summed E-state index contributed by atoms with van der Waals surface area (Å²) in [6.45, 7) is 6.94. The molecule has 21 heavy (non-hydrogen) atoms. The smallest absolute Gasteiger partial charge is 0.222 e. The molecule has 102 valence electrons. The van der Waals surface area contributed by atoms with Gasteiger partial charge in [-0.3, -0.25) is 5.10 Å². The van der Waals surface area contributed by atoms with E-state index < -0.39 is 5.82 Å². The fourth-order valence-corrected chi connectivity index (χ4v) is 2.01. The van der Waals surface area contributed by atoms with Gasteiger partial charge >= 0.3 is 0 Å². The summed E-state index contributed by atoms with van der Waals surface area (Å²) in [7, 11) is 0. The first-order valence-corrected chi connectivity index (χ1v) is 6.16. The van der Waals surface area contributed by atoms with Crippen LogP contribution in [-0.2, 0) is 0 Å². The summed E-state index contributed by atoms with van der Waals surface area (Å²) in [5.41, 5.74) is 1.90. The SMILES string of the molecule is [C-]#[N+]c1cc2c(/C=C/c3ccc(F)cc3)n[nH]c2cc1F. The van der Waals surface area contributed by atoms with Crippen molar-refractivity contribution in [1.29, 1.82) is 0 Å². The second kappa shape index (κ2) is 5.17. The van der Waals surface area contributed by atoms with Gasteiger partial charge in [-0.1, -0.05) is 18.2 Å². The molecule has 3 rings (SSSR count). The van der Waals surface area contributed by atoms with Crippen molar-refractivity contribution in [3.8, 4) is 0 Å². The molecule has 3 nitrogen and oxygen atoms in total. The molecule has 0 radical (unpaired) electrons. The van der Waals surface area contributed by atoms with Crippen LogP contribution in [0.25, 0.3) is 27.9 Å². The highest BCUT2D eigenvalue weighted by Crippen LogP contribution is 2.27. The van der Waals surface area contributed by atoms with Crippen LogP contribution in [0.5, 0.6) is 0 Å². The van der Waals surface area contributed by atoms with Crippen LogP contribution in [0, 0.1) is 18.2 Å². The molecule has 0 aliphatic heterocycles. The predicted molar refractivity (Wildman–Crippen MR) is 77.6 cm³/mol. The van der Waals surface area contributed by atoms with Crippen LogP contribution in [0.3, 0.4) is 0 Å². The molecular formula is C16H9F2N3. The van der Waals surface area contributed by atoms with Crippen LogP contribution in [0.2, 0.25) is 0 Å². The van der Waals surface area contributed by atoms with Gasteiger partial charge in [-0.25, -0.2) is 13.6 Å². The highest BCUT2D eigenvalue weighted by atomic mass is 19.1. The highest BCUT2D eigenvalue weighted by Gasteiger charge is 2.09. The van der Waals surface area contributed by atoms with Gasteiger partial charge in [0.25, 0.3) is 0 Å². The van der Waals surface area contributed by atoms with E-state index in [-0.39, 0.29) is 11.5 Å². The van der Waals surface area contributed by atoms with Gasteiger partial charge in [-0.15, -0.1) is 0 Å². The zero-order valence-corrected chi connectivity index (χ0v) is 10.8.